The fourth-order valence-corrected chi connectivity index (χ4v) is 3.50. The number of alkyl halides is 3. The number of aromatic nitrogens is 3. The van der Waals surface area contributed by atoms with E-state index in [0.717, 1.165) is 17.6 Å². The Kier molecular flexibility index (Phi) is 3.56. The molecule has 0 radical (unpaired) electrons. The van der Waals surface area contributed by atoms with Gasteiger partial charge in [0.1, 0.15) is 5.75 Å². The number of benzene rings is 1. The topological polar surface area (TPSA) is 73.6 Å². The van der Waals surface area contributed by atoms with Crippen LogP contribution in [0, 0.1) is 0 Å². The molecule has 0 atom stereocenters. The van der Waals surface area contributed by atoms with E-state index in [2.05, 4.69) is 14.8 Å². The van der Waals surface area contributed by atoms with Crippen LogP contribution in [-0.2, 0) is 9.84 Å². The highest BCUT2D eigenvalue weighted by molar-refractivity contribution is 7.92. The van der Waals surface area contributed by atoms with Gasteiger partial charge in [0, 0.05) is 11.8 Å². The molecular formula is C12H8F3N3O3S2. The molecule has 0 amide bonds. The molecule has 0 N–H and O–H groups in total. The van der Waals surface area contributed by atoms with Crippen molar-refractivity contribution in [1.82, 2.24) is 14.6 Å². The van der Waals surface area contributed by atoms with Crippen molar-refractivity contribution in [2.75, 3.05) is 6.26 Å². The summed E-state index contributed by atoms with van der Waals surface area (Å²) in [6.07, 6.45) is -2.31. The lowest BCUT2D eigenvalue weighted by atomic mass is 10.1. The van der Waals surface area contributed by atoms with Gasteiger partial charge >= 0.3 is 6.36 Å². The van der Waals surface area contributed by atoms with E-state index in [-0.39, 0.29) is 10.1 Å². The number of fused-ring (bicyclic) bond motifs is 1. The van der Waals surface area contributed by atoms with Gasteiger partial charge in [-0.1, -0.05) is 23.5 Å². The molecule has 0 unspecified atom stereocenters. The molecule has 2 heterocycles. The Morgan fingerprint density at radius 2 is 2.04 bits per heavy atom. The summed E-state index contributed by atoms with van der Waals surface area (Å²) in [5.74, 6) is -0.365. The van der Waals surface area contributed by atoms with Gasteiger partial charge in [0.15, 0.2) is 0 Å². The number of rotatable bonds is 3. The van der Waals surface area contributed by atoms with Gasteiger partial charge in [-0.05, 0) is 12.1 Å². The van der Waals surface area contributed by atoms with Crippen LogP contribution in [0.5, 0.6) is 5.75 Å². The molecule has 3 aromatic rings. The summed E-state index contributed by atoms with van der Waals surface area (Å²) in [6.45, 7) is 0. The fraction of sp³-hybridized carbons (Fsp3) is 0.167. The zero-order valence-corrected chi connectivity index (χ0v) is 13.0. The van der Waals surface area contributed by atoms with E-state index in [0.29, 0.717) is 16.2 Å². The summed E-state index contributed by atoms with van der Waals surface area (Å²) < 4.78 is 64.6. The lowest BCUT2D eigenvalue weighted by molar-refractivity contribution is -0.274. The van der Waals surface area contributed by atoms with Crippen LogP contribution in [0.15, 0.2) is 34.8 Å². The zero-order chi connectivity index (χ0) is 16.8. The molecule has 122 valence electrons. The molecule has 0 spiro atoms. The predicted molar refractivity (Wildman–Crippen MR) is 76.1 cm³/mol. The Balaban J connectivity index is 1.97. The molecule has 0 saturated carbocycles. The number of hydrogen-bond acceptors (Lipinski definition) is 6. The van der Waals surface area contributed by atoms with Crippen LogP contribution in [-0.4, -0.2) is 35.6 Å². The lowest BCUT2D eigenvalue weighted by Crippen LogP contribution is -2.17. The highest BCUT2D eigenvalue weighted by Crippen LogP contribution is 2.29. The molecule has 2 aromatic heterocycles. The van der Waals surface area contributed by atoms with Crippen LogP contribution in [0.3, 0.4) is 0 Å². The largest absolute Gasteiger partial charge is 0.573 e. The molecular weight excluding hydrogens is 355 g/mol. The quantitative estimate of drug-likeness (QED) is 0.715. The molecule has 1 aromatic carbocycles. The van der Waals surface area contributed by atoms with E-state index in [9.17, 15) is 21.6 Å². The van der Waals surface area contributed by atoms with Gasteiger partial charge in [0.05, 0.1) is 11.9 Å². The number of ether oxygens (including phenoxy) is 1. The number of halogens is 3. The predicted octanol–water partition coefficient (Wildman–Crippen LogP) is 2.76. The summed E-state index contributed by atoms with van der Waals surface area (Å²) in [6, 6.07) is 5.33. The minimum atomic E-state index is -4.78. The maximum Gasteiger partial charge on any atom is 0.573 e. The van der Waals surface area contributed by atoms with Crippen LogP contribution in [0.4, 0.5) is 13.2 Å². The Hall–Kier alpha value is -2.14. The first-order chi connectivity index (χ1) is 10.6. The first-order valence-electron chi connectivity index (χ1n) is 6.04. The Labute approximate surface area is 132 Å². The second kappa shape index (κ2) is 5.20. The molecule has 0 aliphatic carbocycles. The van der Waals surface area contributed by atoms with E-state index >= 15 is 0 Å². The van der Waals surface area contributed by atoms with Crippen molar-refractivity contribution < 1.29 is 26.3 Å². The third-order valence-corrected chi connectivity index (χ3v) is 5.30. The molecule has 0 aliphatic heterocycles. The maximum atomic E-state index is 12.2. The second-order valence-corrected chi connectivity index (χ2v) is 7.71. The van der Waals surface area contributed by atoms with Crippen molar-refractivity contribution in [3.8, 4) is 17.0 Å². The summed E-state index contributed by atoms with van der Waals surface area (Å²) in [4.78, 5) is 4.49. The van der Waals surface area contributed by atoms with Gasteiger partial charge in [-0.2, -0.15) is 0 Å². The summed E-state index contributed by atoms with van der Waals surface area (Å²) in [5.41, 5.74) is 0.752. The van der Waals surface area contributed by atoms with Gasteiger partial charge in [0.2, 0.25) is 19.1 Å². The van der Waals surface area contributed by atoms with Crippen molar-refractivity contribution in [3.05, 3.63) is 30.5 Å². The fourth-order valence-electron chi connectivity index (χ4n) is 1.82. The first-order valence-corrected chi connectivity index (χ1v) is 8.75. The molecule has 23 heavy (non-hydrogen) atoms. The molecule has 0 aliphatic rings. The van der Waals surface area contributed by atoms with Crippen LogP contribution in [0.1, 0.15) is 0 Å². The van der Waals surface area contributed by atoms with Crippen LogP contribution in [0.2, 0.25) is 0 Å². The van der Waals surface area contributed by atoms with Crippen LogP contribution >= 0.6 is 11.3 Å². The summed E-state index contributed by atoms with van der Waals surface area (Å²) >= 11 is 0.875. The monoisotopic (exact) mass is 363 g/mol. The SMILES string of the molecule is CS(=O)(=O)c1nn2cc(-c3cccc(OC(F)(F)F)c3)nc2s1. The lowest BCUT2D eigenvalue weighted by Gasteiger charge is -2.09. The second-order valence-electron chi connectivity index (χ2n) is 4.57. The highest BCUT2D eigenvalue weighted by Gasteiger charge is 2.31. The highest BCUT2D eigenvalue weighted by atomic mass is 32.2. The van der Waals surface area contributed by atoms with Gasteiger partial charge in [-0.25, -0.2) is 17.9 Å². The van der Waals surface area contributed by atoms with Gasteiger partial charge in [0.25, 0.3) is 0 Å². The van der Waals surface area contributed by atoms with Crippen molar-refractivity contribution in [3.63, 3.8) is 0 Å². The van der Waals surface area contributed by atoms with Gasteiger partial charge in [-0.3, -0.25) is 0 Å². The van der Waals surface area contributed by atoms with Crippen LogP contribution < -0.4 is 4.74 Å². The van der Waals surface area contributed by atoms with E-state index in [1.54, 1.807) is 6.07 Å². The Bertz CT molecular complexity index is 945. The summed E-state index contributed by atoms with van der Waals surface area (Å²) in [5, 5.41) is 3.89. The third-order valence-electron chi connectivity index (χ3n) is 2.71. The summed E-state index contributed by atoms with van der Waals surface area (Å²) in [7, 11) is -3.44. The molecule has 11 heteroatoms. The van der Waals surface area contributed by atoms with Gasteiger partial charge < -0.3 is 4.74 Å². The molecule has 0 bridgehead atoms. The molecule has 3 rings (SSSR count). The van der Waals surface area contributed by atoms with Crippen LogP contribution in [0.25, 0.3) is 16.2 Å². The average Bonchev–Trinajstić information content (AvgIpc) is 2.93. The number of sulfone groups is 1. The standard InChI is InChI=1S/C12H8F3N3O3S2/c1-23(19,20)11-17-18-6-9(16-10(18)22-11)7-3-2-4-8(5-7)21-12(13,14)15/h2-6H,1H3. The van der Waals surface area contributed by atoms with E-state index in [4.69, 9.17) is 0 Å². The Morgan fingerprint density at radius 3 is 2.65 bits per heavy atom. The van der Waals surface area contributed by atoms with Crippen molar-refractivity contribution in [1.29, 1.82) is 0 Å². The van der Waals surface area contributed by atoms with Crippen molar-refractivity contribution in [2.24, 2.45) is 0 Å². The Morgan fingerprint density at radius 1 is 1.30 bits per heavy atom. The first kappa shape index (κ1) is 15.7. The van der Waals surface area contributed by atoms with E-state index < -0.39 is 16.2 Å². The number of nitrogens with zero attached hydrogens (tertiary/aromatic N) is 3. The zero-order valence-electron chi connectivity index (χ0n) is 11.4. The smallest absolute Gasteiger partial charge is 0.406 e. The van der Waals surface area contributed by atoms with Gasteiger partial charge in [-0.15, -0.1) is 18.3 Å². The normalized spacial score (nSPS) is 12.7. The molecule has 0 saturated heterocycles. The maximum absolute atomic E-state index is 12.2. The third kappa shape index (κ3) is 3.45. The van der Waals surface area contributed by atoms with Crippen molar-refractivity contribution in [2.45, 2.75) is 10.7 Å². The average molecular weight is 363 g/mol. The molecule has 0 fully saturated rings. The minimum Gasteiger partial charge on any atom is -0.406 e. The minimum absolute atomic E-state index is 0.0827. The van der Waals surface area contributed by atoms with E-state index in [1.165, 1.54) is 28.9 Å². The van der Waals surface area contributed by atoms with E-state index in [1.807, 2.05) is 0 Å². The molecule has 6 nitrogen and oxygen atoms in total. The number of hydrogen-bond donors (Lipinski definition) is 0. The number of imidazole rings is 1. The van der Waals surface area contributed by atoms with Crippen molar-refractivity contribution >= 4 is 26.1 Å².